The molecule has 0 saturated heterocycles. The van der Waals surface area contributed by atoms with Crippen LogP contribution in [-0.4, -0.2) is 18.1 Å². The van der Waals surface area contributed by atoms with Crippen LogP contribution in [0.5, 0.6) is 5.75 Å². The molecule has 7 heteroatoms. The van der Waals surface area contributed by atoms with E-state index in [0.717, 1.165) is 4.47 Å². The van der Waals surface area contributed by atoms with Crippen LogP contribution >= 0.6 is 15.9 Å². The van der Waals surface area contributed by atoms with E-state index < -0.39 is 6.03 Å². The van der Waals surface area contributed by atoms with E-state index in [4.69, 9.17) is 16.2 Å². The highest BCUT2D eigenvalue weighted by molar-refractivity contribution is 9.10. The summed E-state index contributed by atoms with van der Waals surface area (Å²) < 4.78 is 6.31. The van der Waals surface area contributed by atoms with Gasteiger partial charge in [-0.2, -0.15) is 0 Å². The second kappa shape index (κ2) is 6.25. The molecular weight excluding hydrogens is 300 g/mol. The standard InChI is InChI=1S/C11H15BrN4O2/c1-6(2)18-9-4-3-7(5-8(9)12)15-10(13)16-11(14)17/h3-6H,1-2H3,(H5,13,14,15,16,17). The quantitative estimate of drug-likeness (QED) is 0.586. The number of nitrogens with two attached hydrogens (primary N) is 2. The molecule has 0 heterocycles. The Bertz CT molecular complexity index is 474. The Morgan fingerprint density at radius 2 is 2.11 bits per heavy atom. The van der Waals surface area contributed by atoms with Crippen molar-refractivity contribution in [3.8, 4) is 5.75 Å². The van der Waals surface area contributed by atoms with Crippen LogP contribution in [0.4, 0.5) is 10.5 Å². The van der Waals surface area contributed by atoms with E-state index in [1.54, 1.807) is 18.2 Å². The lowest BCUT2D eigenvalue weighted by atomic mass is 10.3. The maximum atomic E-state index is 10.6. The first-order valence-corrected chi connectivity index (χ1v) is 6.04. The molecule has 0 atom stereocenters. The predicted molar refractivity (Wildman–Crippen MR) is 73.9 cm³/mol. The molecule has 98 valence electrons. The molecule has 0 aromatic heterocycles. The zero-order chi connectivity index (χ0) is 13.7. The lowest BCUT2D eigenvalue weighted by Crippen LogP contribution is -2.39. The Balaban J connectivity index is 2.87. The van der Waals surface area contributed by atoms with Crippen molar-refractivity contribution in [2.75, 3.05) is 0 Å². The third kappa shape index (κ3) is 4.62. The van der Waals surface area contributed by atoms with Gasteiger partial charge in [-0.05, 0) is 48.0 Å². The van der Waals surface area contributed by atoms with Gasteiger partial charge < -0.3 is 16.2 Å². The summed E-state index contributed by atoms with van der Waals surface area (Å²) >= 11 is 3.37. The van der Waals surface area contributed by atoms with E-state index in [0.29, 0.717) is 11.4 Å². The number of rotatable bonds is 3. The molecule has 0 radical (unpaired) electrons. The molecule has 1 aromatic rings. The van der Waals surface area contributed by atoms with Crippen LogP contribution in [0.3, 0.4) is 0 Å². The van der Waals surface area contributed by atoms with Crippen molar-refractivity contribution in [3.63, 3.8) is 0 Å². The molecule has 0 unspecified atom stereocenters. The SMILES string of the molecule is CC(C)Oc1ccc(N=C(N)NC(N)=O)cc1Br. The highest BCUT2D eigenvalue weighted by Crippen LogP contribution is 2.30. The maximum Gasteiger partial charge on any atom is 0.318 e. The zero-order valence-corrected chi connectivity index (χ0v) is 11.7. The van der Waals surface area contributed by atoms with Crippen LogP contribution in [-0.2, 0) is 0 Å². The third-order valence-corrected chi connectivity index (χ3v) is 2.40. The van der Waals surface area contributed by atoms with Crippen molar-refractivity contribution in [2.45, 2.75) is 20.0 Å². The molecule has 0 aliphatic rings. The Kier molecular flexibility index (Phi) is 4.96. The van der Waals surface area contributed by atoms with E-state index in [1.807, 2.05) is 13.8 Å². The Hall–Kier alpha value is -1.76. The fourth-order valence-electron chi connectivity index (χ4n) is 1.20. The third-order valence-electron chi connectivity index (χ3n) is 1.78. The highest BCUT2D eigenvalue weighted by atomic mass is 79.9. The van der Waals surface area contributed by atoms with Gasteiger partial charge >= 0.3 is 6.03 Å². The Morgan fingerprint density at radius 1 is 1.44 bits per heavy atom. The van der Waals surface area contributed by atoms with Gasteiger partial charge in [0.25, 0.3) is 0 Å². The molecule has 18 heavy (non-hydrogen) atoms. The first-order valence-electron chi connectivity index (χ1n) is 5.25. The largest absolute Gasteiger partial charge is 0.490 e. The summed E-state index contributed by atoms with van der Waals surface area (Å²) in [6.45, 7) is 3.88. The van der Waals surface area contributed by atoms with Crippen LogP contribution in [0.25, 0.3) is 0 Å². The van der Waals surface area contributed by atoms with Crippen LogP contribution in [0.1, 0.15) is 13.8 Å². The number of carbonyl (C=O) groups excluding carboxylic acids is 1. The van der Waals surface area contributed by atoms with Crippen molar-refractivity contribution < 1.29 is 9.53 Å². The fraction of sp³-hybridized carbons (Fsp3) is 0.273. The number of aliphatic imine (C=N–C) groups is 1. The van der Waals surface area contributed by atoms with E-state index in [2.05, 4.69) is 26.2 Å². The van der Waals surface area contributed by atoms with Crippen LogP contribution < -0.4 is 21.5 Å². The highest BCUT2D eigenvalue weighted by Gasteiger charge is 2.05. The zero-order valence-electron chi connectivity index (χ0n) is 10.1. The van der Waals surface area contributed by atoms with Crippen molar-refractivity contribution in [2.24, 2.45) is 16.5 Å². The van der Waals surface area contributed by atoms with Gasteiger partial charge in [-0.3, -0.25) is 5.32 Å². The van der Waals surface area contributed by atoms with E-state index in [-0.39, 0.29) is 12.1 Å². The molecule has 0 fully saturated rings. The normalized spacial score (nSPS) is 11.4. The monoisotopic (exact) mass is 314 g/mol. The molecule has 0 aliphatic heterocycles. The van der Waals surface area contributed by atoms with Gasteiger partial charge in [-0.15, -0.1) is 0 Å². The average molecular weight is 315 g/mol. The number of halogens is 1. The number of benzene rings is 1. The summed E-state index contributed by atoms with van der Waals surface area (Å²) in [7, 11) is 0. The molecule has 0 bridgehead atoms. The van der Waals surface area contributed by atoms with Crippen LogP contribution in [0, 0.1) is 0 Å². The predicted octanol–water partition coefficient (Wildman–Crippen LogP) is 1.85. The average Bonchev–Trinajstić information content (AvgIpc) is 2.20. The molecule has 5 N–H and O–H groups in total. The molecular formula is C11H15BrN4O2. The van der Waals surface area contributed by atoms with Gasteiger partial charge in [-0.1, -0.05) is 0 Å². The number of hydrogen-bond donors (Lipinski definition) is 3. The summed E-state index contributed by atoms with van der Waals surface area (Å²) in [5.41, 5.74) is 11.0. The number of guanidine groups is 1. The van der Waals surface area contributed by atoms with Crippen LogP contribution in [0.15, 0.2) is 27.7 Å². The first kappa shape index (κ1) is 14.3. The van der Waals surface area contributed by atoms with Gasteiger partial charge in [0, 0.05) is 0 Å². The van der Waals surface area contributed by atoms with Gasteiger partial charge in [-0.25, -0.2) is 9.79 Å². The van der Waals surface area contributed by atoms with Gasteiger partial charge in [0.1, 0.15) is 5.75 Å². The van der Waals surface area contributed by atoms with Gasteiger partial charge in [0.05, 0.1) is 16.3 Å². The molecule has 0 aliphatic carbocycles. The lowest BCUT2D eigenvalue weighted by Gasteiger charge is -2.11. The molecule has 2 amide bonds. The minimum Gasteiger partial charge on any atom is -0.490 e. The summed E-state index contributed by atoms with van der Waals surface area (Å²) in [5, 5.41) is 2.18. The number of carbonyl (C=O) groups is 1. The van der Waals surface area contributed by atoms with E-state index in [9.17, 15) is 4.79 Å². The number of nitrogens with one attached hydrogen (secondary N) is 1. The van der Waals surface area contributed by atoms with Gasteiger partial charge in [0.15, 0.2) is 0 Å². The minimum absolute atomic E-state index is 0.0630. The number of amides is 2. The lowest BCUT2D eigenvalue weighted by molar-refractivity contribution is 0.241. The van der Waals surface area contributed by atoms with Crippen molar-refractivity contribution >= 4 is 33.6 Å². The molecule has 1 rings (SSSR count). The van der Waals surface area contributed by atoms with Crippen molar-refractivity contribution in [3.05, 3.63) is 22.7 Å². The topological polar surface area (TPSA) is 103 Å². The Morgan fingerprint density at radius 3 is 2.61 bits per heavy atom. The molecule has 1 aromatic carbocycles. The summed E-state index contributed by atoms with van der Waals surface area (Å²) in [6, 6.07) is 4.46. The number of hydrogen-bond acceptors (Lipinski definition) is 3. The molecule has 0 spiro atoms. The summed E-state index contributed by atoms with van der Waals surface area (Å²) in [6.07, 6.45) is 0.0808. The maximum absolute atomic E-state index is 10.6. The summed E-state index contributed by atoms with van der Waals surface area (Å²) in [4.78, 5) is 14.5. The Labute approximate surface area is 114 Å². The van der Waals surface area contributed by atoms with Gasteiger partial charge in [0.2, 0.25) is 5.96 Å². The van der Waals surface area contributed by atoms with Crippen molar-refractivity contribution in [1.82, 2.24) is 5.32 Å². The summed E-state index contributed by atoms with van der Waals surface area (Å²) in [5.74, 6) is 0.650. The van der Waals surface area contributed by atoms with E-state index >= 15 is 0 Å². The smallest absolute Gasteiger partial charge is 0.318 e. The number of ether oxygens (including phenoxy) is 1. The fourth-order valence-corrected chi connectivity index (χ4v) is 1.66. The second-order valence-corrected chi connectivity index (χ2v) is 4.62. The van der Waals surface area contributed by atoms with E-state index in [1.165, 1.54) is 0 Å². The second-order valence-electron chi connectivity index (χ2n) is 3.77. The molecule has 6 nitrogen and oxygen atoms in total. The number of primary amides is 1. The molecule has 0 saturated carbocycles. The number of urea groups is 1. The minimum atomic E-state index is -0.755. The first-order chi connectivity index (χ1) is 8.38. The number of nitrogens with zero attached hydrogens (tertiary/aromatic N) is 1. The van der Waals surface area contributed by atoms with Crippen LogP contribution in [0.2, 0.25) is 0 Å². The van der Waals surface area contributed by atoms with Crippen molar-refractivity contribution in [1.29, 1.82) is 0 Å².